The van der Waals surface area contributed by atoms with Crippen molar-refractivity contribution in [1.82, 2.24) is 10.1 Å². The van der Waals surface area contributed by atoms with E-state index in [1.807, 2.05) is 4.90 Å². The smallest absolute Gasteiger partial charge is 0.183 e. The lowest BCUT2D eigenvalue weighted by molar-refractivity contribution is 0.216. The van der Waals surface area contributed by atoms with Crippen molar-refractivity contribution in [2.45, 2.75) is 38.1 Å². The molecule has 2 heterocycles. The number of halogens is 3. The third-order valence-electron chi connectivity index (χ3n) is 5.93. The van der Waals surface area contributed by atoms with E-state index in [1.54, 1.807) is 0 Å². The lowest BCUT2D eigenvalue weighted by Crippen LogP contribution is -2.47. The van der Waals surface area contributed by atoms with Crippen molar-refractivity contribution in [3.8, 4) is 0 Å². The zero-order valence-electron chi connectivity index (χ0n) is 15.4. The van der Waals surface area contributed by atoms with E-state index in [0.29, 0.717) is 11.9 Å². The van der Waals surface area contributed by atoms with Crippen LogP contribution in [0.25, 0.3) is 11.0 Å². The lowest BCUT2D eigenvalue weighted by Gasteiger charge is -2.36. The molecule has 150 valence electrons. The summed E-state index contributed by atoms with van der Waals surface area (Å²) in [5.41, 5.74) is 6.27. The molecule has 5 nitrogen and oxygen atoms in total. The van der Waals surface area contributed by atoms with Crippen LogP contribution < -0.4 is 10.6 Å². The van der Waals surface area contributed by atoms with Gasteiger partial charge < -0.3 is 15.2 Å². The van der Waals surface area contributed by atoms with Crippen molar-refractivity contribution in [1.29, 1.82) is 0 Å². The zero-order valence-corrected chi connectivity index (χ0v) is 16.2. The number of hydrogen-bond acceptors (Lipinski definition) is 5. The highest BCUT2D eigenvalue weighted by molar-refractivity contribution is 5.89. The molecule has 0 unspecified atom stereocenters. The minimum atomic E-state index is -0.878. The molecule has 0 spiro atoms. The van der Waals surface area contributed by atoms with Crippen molar-refractivity contribution >= 4 is 29.2 Å². The van der Waals surface area contributed by atoms with E-state index in [9.17, 15) is 8.78 Å². The molecule has 2 aromatic rings. The Hall–Kier alpha value is -1.44. The largest absolute Gasteiger partial charge is 0.354 e. The van der Waals surface area contributed by atoms with Gasteiger partial charge in [-0.3, -0.25) is 4.90 Å². The van der Waals surface area contributed by atoms with E-state index in [4.69, 9.17) is 10.3 Å². The van der Waals surface area contributed by atoms with Gasteiger partial charge in [0, 0.05) is 32.2 Å². The third kappa shape index (κ3) is 4.36. The Bertz CT molecular complexity index is 755. The summed E-state index contributed by atoms with van der Waals surface area (Å²) >= 11 is 0. The topological polar surface area (TPSA) is 58.5 Å². The summed E-state index contributed by atoms with van der Waals surface area (Å²) in [6.07, 6.45) is 6.02. The first-order chi connectivity index (χ1) is 12.6. The summed E-state index contributed by atoms with van der Waals surface area (Å²) in [5, 5.41) is 4.14. The summed E-state index contributed by atoms with van der Waals surface area (Å²) in [4.78, 5) is 4.44. The Labute approximate surface area is 164 Å². The fourth-order valence-corrected chi connectivity index (χ4v) is 4.20. The van der Waals surface area contributed by atoms with E-state index >= 15 is 0 Å². The molecule has 1 aliphatic carbocycles. The summed E-state index contributed by atoms with van der Waals surface area (Å²) in [5.74, 6) is -0.535. The second kappa shape index (κ2) is 8.71. The van der Waals surface area contributed by atoms with Gasteiger partial charge in [-0.25, -0.2) is 8.78 Å². The second-order valence-corrected chi connectivity index (χ2v) is 7.64. The minimum absolute atomic E-state index is 0. The second-order valence-electron chi connectivity index (χ2n) is 7.64. The number of piperazine rings is 1. The van der Waals surface area contributed by atoms with Crippen LogP contribution in [0.2, 0.25) is 0 Å². The number of hydrogen-bond donors (Lipinski definition) is 1. The summed E-state index contributed by atoms with van der Waals surface area (Å²) in [6, 6.07) is 2.90. The van der Waals surface area contributed by atoms with Crippen LogP contribution in [0.4, 0.5) is 14.6 Å². The van der Waals surface area contributed by atoms with Crippen molar-refractivity contribution in [2.75, 3.05) is 37.6 Å². The molecule has 8 heteroatoms. The number of nitrogens with two attached hydrogens (primary N) is 1. The van der Waals surface area contributed by atoms with Crippen LogP contribution in [0.15, 0.2) is 16.7 Å². The third-order valence-corrected chi connectivity index (χ3v) is 5.93. The SMILES string of the molecule is Cl.NC1CCC(CCN2CCN(c3noc4ccc(F)c(F)c34)CC2)CC1. The maximum absolute atomic E-state index is 14.2. The molecule has 0 atom stereocenters. The van der Waals surface area contributed by atoms with Crippen molar-refractivity contribution in [3.05, 3.63) is 23.8 Å². The highest BCUT2D eigenvalue weighted by Crippen LogP contribution is 2.31. The maximum Gasteiger partial charge on any atom is 0.183 e. The van der Waals surface area contributed by atoms with Gasteiger partial charge in [0.1, 0.15) is 5.39 Å². The molecule has 1 aliphatic heterocycles. The molecule has 0 radical (unpaired) electrons. The molecule has 2 N–H and O–H groups in total. The molecular weight excluding hydrogens is 374 g/mol. The average molecular weight is 401 g/mol. The van der Waals surface area contributed by atoms with Crippen molar-refractivity contribution in [3.63, 3.8) is 0 Å². The van der Waals surface area contributed by atoms with Gasteiger partial charge in [-0.2, -0.15) is 0 Å². The standard InChI is InChI=1S/C19H26F2N4O.ClH/c20-15-5-6-16-17(18(15)21)19(23-26-16)25-11-9-24(10-12-25)8-7-13-1-3-14(22)4-2-13;/h5-6,13-14H,1-4,7-12,22H2;1H. The quantitative estimate of drug-likeness (QED) is 0.850. The van der Waals surface area contributed by atoms with Gasteiger partial charge in [0.2, 0.25) is 0 Å². The highest BCUT2D eigenvalue weighted by Gasteiger charge is 2.25. The Morgan fingerprint density at radius 2 is 1.78 bits per heavy atom. The average Bonchev–Trinajstić information content (AvgIpc) is 3.09. The number of rotatable bonds is 4. The number of benzene rings is 1. The summed E-state index contributed by atoms with van der Waals surface area (Å²) in [7, 11) is 0. The van der Waals surface area contributed by atoms with Gasteiger partial charge in [-0.05, 0) is 56.7 Å². The van der Waals surface area contributed by atoms with Crippen LogP contribution in [0, 0.1) is 17.6 Å². The molecule has 1 aromatic heterocycles. The van der Waals surface area contributed by atoms with Crippen LogP contribution in [-0.2, 0) is 0 Å². The minimum Gasteiger partial charge on any atom is -0.354 e. The predicted octanol–water partition coefficient (Wildman–Crippen LogP) is 3.56. The van der Waals surface area contributed by atoms with Crippen molar-refractivity contribution in [2.24, 2.45) is 11.7 Å². The number of aromatic nitrogens is 1. The lowest BCUT2D eigenvalue weighted by atomic mass is 9.84. The van der Waals surface area contributed by atoms with Gasteiger partial charge in [-0.1, -0.05) is 5.16 Å². The van der Waals surface area contributed by atoms with Gasteiger partial charge in [0.05, 0.1) is 0 Å². The number of anilines is 1. The van der Waals surface area contributed by atoms with Gasteiger partial charge in [0.15, 0.2) is 23.0 Å². The van der Waals surface area contributed by atoms with E-state index in [1.165, 1.54) is 25.3 Å². The normalized spacial score (nSPS) is 24.2. The van der Waals surface area contributed by atoms with E-state index in [0.717, 1.165) is 57.5 Å². The Kier molecular flexibility index (Phi) is 6.55. The molecule has 2 aliphatic rings. The number of nitrogens with zero attached hydrogens (tertiary/aromatic N) is 3. The molecule has 1 aromatic carbocycles. The molecule has 4 rings (SSSR count). The molecule has 1 saturated carbocycles. The predicted molar refractivity (Wildman–Crippen MR) is 104 cm³/mol. The fourth-order valence-electron chi connectivity index (χ4n) is 4.20. The first-order valence-electron chi connectivity index (χ1n) is 9.58. The Morgan fingerprint density at radius 3 is 2.48 bits per heavy atom. The maximum atomic E-state index is 14.2. The zero-order chi connectivity index (χ0) is 18.1. The number of fused-ring (bicyclic) bond motifs is 1. The molecule has 0 bridgehead atoms. The van der Waals surface area contributed by atoms with E-state index < -0.39 is 11.6 Å². The van der Waals surface area contributed by atoms with Crippen LogP contribution >= 0.6 is 12.4 Å². The molecule has 2 fully saturated rings. The molecular formula is C19H27ClF2N4O. The van der Waals surface area contributed by atoms with Crippen molar-refractivity contribution < 1.29 is 13.3 Å². The van der Waals surface area contributed by atoms with Crippen LogP contribution in [-0.4, -0.2) is 48.8 Å². The molecule has 0 amide bonds. The van der Waals surface area contributed by atoms with E-state index in [2.05, 4.69) is 10.1 Å². The molecule has 1 saturated heterocycles. The van der Waals surface area contributed by atoms with Gasteiger partial charge >= 0.3 is 0 Å². The Morgan fingerprint density at radius 1 is 1.07 bits per heavy atom. The first-order valence-corrected chi connectivity index (χ1v) is 9.58. The summed E-state index contributed by atoms with van der Waals surface area (Å²) in [6.45, 7) is 4.38. The van der Waals surface area contributed by atoms with Crippen LogP contribution in [0.5, 0.6) is 0 Å². The highest BCUT2D eigenvalue weighted by atomic mass is 35.5. The van der Waals surface area contributed by atoms with Crippen LogP contribution in [0.1, 0.15) is 32.1 Å². The Balaban J connectivity index is 0.00000210. The van der Waals surface area contributed by atoms with E-state index in [-0.39, 0.29) is 23.4 Å². The van der Waals surface area contributed by atoms with Gasteiger partial charge in [-0.15, -0.1) is 12.4 Å². The first kappa shape index (κ1) is 20.3. The molecule has 27 heavy (non-hydrogen) atoms. The monoisotopic (exact) mass is 400 g/mol. The van der Waals surface area contributed by atoms with Crippen LogP contribution in [0.3, 0.4) is 0 Å². The van der Waals surface area contributed by atoms with Gasteiger partial charge in [0.25, 0.3) is 0 Å². The fraction of sp³-hybridized carbons (Fsp3) is 0.632. The summed E-state index contributed by atoms with van der Waals surface area (Å²) < 4.78 is 32.9.